The second kappa shape index (κ2) is 11.8. The molecule has 6 rings (SSSR count). The van der Waals surface area contributed by atoms with E-state index in [-0.39, 0.29) is 24.3 Å². The molecule has 2 aliphatic heterocycles. The van der Waals surface area contributed by atoms with Crippen molar-refractivity contribution in [1.82, 2.24) is 19.2 Å². The first-order chi connectivity index (χ1) is 20.7. The molecule has 0 N–H and O–H groups in total. The number of likely N-dealkylation sites (tertiary alicyclic amines) is 1. The van der Waals surface area contributed by atoms with E-state index < -0.39 is 5.97 Å². The average Bonchev–Trinajstić information content (AvgIpc) is 3.54. The molecule has 2 aromatic heterocycles. The number of piperidine rings is 1. The van der Waals surface area contributed by atoms with Crippen molar-refractivity contribution in [2.75, 3.05) is 32.1 Å². The number of esters is 1. The number of anilines is 1. The standard InChI is InChI=1S/C32H38N6O5/c1-20(39)43-19-25-24(22-14-26(31(40)35(2)17-22)33-30-16-23(18-42-4)36(3)34-30)9-7-11-28(25)38-13-12-37-27-10-6-5-8-21(27)15-29(37)32(38)41/h7,9,11,15-16,22H,5-6,8,10,12-14,17-19H2,1-4H3. The Hall–Kier alpha value is -4.25. The first kappa shape index (κ1) is 28.9. The Bertz CT molecular complexity index is 1620. The quantitative estimate of drug-likeness (QED) is 0.391. The van der Waals surface area contributed by atoms with Crippen molar-refractivity contribution in [1.29, 1.82) is 0 Å². The second-order valence-electron chi connectivity index (χ2n) is 11.6. The molecular formula is C32H38N6O5. The van der Waals surface area contributed by atoms with Crippen LogP contribution in [0.5, 0.6) is 0 Å². The van der Waals surface area contributed by atoms with E-state index in [0.717, 1.165) is 60.4 Å². The number of methoxy groups -OCH3 is 1. The molecular weight excluding hydrogens is 548 g/mol. The van der Waals surface area contributed by atoms with Gasteiger partial charge in [-0.1, -0.05) is 12.1 Å². The molecule has 1 unspecified atom stereocenters. The summed E-state index contributed by atoms with van der Waals surface area (Å²) in [4.78, 5) is 47.2. The summed E-state index contributed by atoms with van der Waals surface area (Å²) in [7, 11) is 5.20. The maximum absolute atomic E-state index is 13.9. The Morgan fingerprint density at radius 3 is 2.67 bits per heavy atom. The van der Waals surface area contributed by atoms with Gasteiger partial charge in [-0.3, -0.25) is 19.1 Å². The summed E-state index contributed by atoms with van der Waals surface area (Å²) < 4.78 is 14.7. The third-order valence-electron chi connectivity index (χ3n) is 8.79. The van der Waals surface area contributed by atoms with Gasteiger partial charge in [0.25, 0.3) is 11.8 Å². The van der Waals surface area contributed by atoms with E-state index in [0.29, 0.717) is 37.6 Å². The van der Waals surface area contributed by atoms with Gasteiger partial charge in [-0.15, -0.1) is 0 Å². The van der Waals surface area contributed by atoms with Crippen molar-refractivity contribution < 1.29 is 23.9 Å². The zero-order chi connectivity index (χ0) is 30.2. The van der Waals surface area contributed by atoms with Crippen LogP contribution in [-0.2, 0) is 58.7 Å². The van der Waals surface area contributed by atoms with Gasteiger partial charge in [-0.05, 0) is 48.9 Å². The number of nitrogens with zero attached hydrogens (tertiary/aromatic N) is 6. The summed E-state index contributed by atoms with van der Waals surface area (Å²) >= 11 is 0. The van der Waals surface area contributed by atoms with Crippen molar-refractivity contribution in [3.05, 3.63) is 64.1 Å². The number of ether oxygens (including phenoxy) is 2. The van der Waals surface area contributed by atoms with Crippen LogP contribution >= 0.6 is 0 Å². The van der Waals surface area contributed by atoms with Crippen LogP contribution in [0.3, 0.4) is 0 Å². The smallest absolute Gasteiger partial charge is 0.302 e. The molecule has 1 aromatic carbocycles. The second-order valence-corrected chi connectivity index (χ2v) is 11.6. The lowest BCUT2D eigenvalue weighted by atomic mass is 9.85. The van der Waals surface area contributed by atoms with Gasteiger partial charge in [0.05, 0.1) is 18.0 Å². The van der Waals surface area contributed by atoms with Crippen molar-refractivity contribution in [2.45, 2.75) is 64.7 Å². The molecule has 226 valence electrons. The number of aryl methyl sites for hydroxylation is 2. The Kier molecular flexibility index (Phi) is 7.91. The maximum Gasteiger partial charge on any atom is 0.302 e. The van der Waals surface area contributed by atoms with E-state index in [1.165, 1.54) is 18.2 Å². The average molecular weight is 587 g/mol. The van der Waals surface area contributed by atoms with Gasteiger partial charge in [-0.25, -0.2) is 4.99 Å². The fourth-order valence-corrected chi connectivity index (χ4v) is 6.71. The number of carbonyl (C=O) groups excluding carboxylic acids is 3. The third kappa shape index (κ3) is 5.49. The molecule has 0 radical (unpaired) electrons. The van der Waals surface area contributed by atoms with Crippen molar-refractivity contribution >= 4 is 35.0 Å². The van der Waals surface area contributed by atoms with E-state index in [1.807, 2.05) is 36.2 Å². The molecule has 0 bridgehead atoms. The predicted octanol–water partition coefficient (Wildman–Crippen LogP) is 3.69. The fourth-order valence-electron chi connectivity index (χ4n) is 6.71. The van der Waals surface area contributed by atoms with Gasteiger partial charge in [0, 0.05) is 77.4 Å². The lowest BCUT2D eigenvalue weighted by Gasteiger charge is -2.35. The number of fused-ring (bicyclic) bond motifs is 3. The number of aromatic nitrogens is 3. The number of aliphatic imine (C=N–C) groups is 1. The Morgan fingerprint density at radius 2 is 1.88 bits per heavy atom. The van der Waals surface area contributed by atoms with Gasteiger partial charge in [0.15, 0.2) is 5.82 Å². The molecule has 1 aliphatic carbocycles. The monoisotopic (exact) mass is 586 g/mol. The normalized spacial score (nSPS) is 19.5. The van der Waals surface area contributed by atoms with Crippen LogP contribution in [0.2, 0.25) is 0 Å². The Balaban J connectivity index is 1.35. The first-order valence-electron chi connectivity index (χ1n) is 14.9. The van der Waals surface area contributed by atoms with Crippen LogP contribution in [0.1, 0.15) is 70.7 Å². The summed E-state index contributed by atoms with van der Waals surface area (Å²) in [6.45, 7) is 3.52. The van der Waals surface area contributed by atoms with E-state index in [1.54, 1.807) is 23.7 Å². The van der Waals surface area contributed by atoms with Gasteiger partial charge in [0.2, 0.25) is 0 Å². The van der Waals surface area contributed by atoms with Crippen LogP contribution in [0.4, 0.5) is 11.5 Å². The van der Waals surface area contributed by atoms with Crippen molar-refractivity contribution in [3.63, 3.8) is 0 Å². The summed E-state index contributed by atoms with van der Waals surface area (Å²) in [6, 6.07) is 9.75. The number of hydrogen-bond donors (Lipinski definition) is 0. The molecule has 1 saturated heterocycles. The lowest BCUT2D eigenvalue weighted by molar-refractivity contribution is -0.142. The molecule has 11 nitrogen and oxygen atoms in total. The third-order valence-corrected chi connectivity index (χ3v) is 8.79. The zero-order valence-electron chi connectivity index (χ0n) is 25.3. The number of rotatable bonds is 7. The molecule has 3 aliphatic rings. The van der Waals surface area contributed by atoms with Crippen LogP contribution in [0.25, 0.3) is 0 Å². The molecule has 1 fully saturated rings. The maximum atomic E-state index is 13.9. The highest BCUT2D eigenvalue weighted by atomic mass is 16.5. The summed E-state index contributed by atoms with van der Waals surface area (Å²) in [6.07, 6.45) is 4.72. The molecule has 0 spiro atoms. The Morgan fingerprint density at radius 1 is 1.07 bits per heavy atom. The number of likely N-dealkylation sites (N-methyl/N-ethyl adjacent to an activating group) is 1. The molecule has 11 heteroatoms. The SMILES string of the molecule is COCc1cc(N=C2CC(c3cccc(N4CCn5c(cc6c5CCCC6)C4=O)c3COC(C)=O)CN(C)C2=O)nn1C. The summed E-state index contributed by atoms with van der Waals surface area (Å²) in [5, 5.41) is 4.45. The van der Waals surface area contributed by atoms with Crippen LogP contribution < -0.4 is 4.90 Å². The molecule has 3 aromatic rings. The van der Waals surface area contributed by atoms with Gasteiger partial charge < -0.3 is 23.8 Å². The summed E-state index contributed by atoms with van der Waals surface area (Å²) in [5.41, 5.74) is 7.01. The minimum atomic E-state index is -0.396. The topological polar surface area (TPSA) is 111 Å². The number of amides is 2. The largest absolute Gasteiger partial charge is 0.461 e. The number of benzene rings is 1. The fraction of sp³-hybridized carbons (Fsp3) is 0.469. The molecule has 1 atom stereocenters. The highest BCUT2D eigenvalue weighted by molar-refractivity contribution is 6.39. The Labute approximate surface area is 251 Å². The minimum absolute atomic E-state index is 0.0311. The van der Waals surface area contributed by atoms with Crippen molar-refractivity contribution in [3.8, 4) is 0 Å². The highest BCUT2D eigenvalue weighted by Crippen LogP contribution is 2.37. The summed E-state index contributed by atoms with van der Waals surface area (Å²) in [5.74, 6) is -0.256. The van der Waals surface area contributed by atoms with Gasteiger partial charge in [-0.2, -0.15) is 5.10 Å². The van der Waals surface area contributed by atoms with E-state index >= 15 is 0 Å². The molecule has 43 heavy (non-hydrogen) atoms. The van der Waals surface area contributed by atoms with Crippen molar-refractivity contribution in [2.24, 2.45) is 12.0 Å². The molecule has 4 heterocycles. The van der Waals surface area contributed by atoms with Crippen LogP contribution in [-0.4, -0.2) is 70.0 Å². The minimum Gasteiger partial charge on any atom is -0.461 e. The first-order valence-corrected chi connectivity index (χ1v) is 14.9. The number of hydrogen-bond acceptors (Lipinski definition) is 7. The predicted molar refractivity (Wildman–Crippen MR) is 161 cm³/mol. The van der Waals surface area contributed by atoms with Gasteiger partial charge in [0.1, 0.15) is 18.0 Å². The zero-order valence-corrected chi connectivity index (χ0v) is 25.3. The van der Waals surface area contributed by atoms with E-state index in [4.69, 9.17) is 9.47 Å². The number of carbonyl (C=O) groups is 3. The lowest BCUT2D eigenvalue weighted by Crippen LogP contribution is -2.43. The van der Waals surface area contributed by atoms with Crippen LogP contribution in [0.15, 0.2) is 35.3 Å². The molecule has 2 amide bonds. The van der Waals surface area contributed by atoms with Gasteiger partial charge >= 0.3 is 5.97 Å². The molecule has 0 saturated carbocycles. The highest BCUT2D eigenvalue weighted by Gasteiger charge is 2.35. The van der Waals surface area contributed by atoms with E-state index in [2.05, 4.69) is 20.7 Å². The van der Waals surface area contributed by atoms with Crippen LogP contribution in [0, 0.1) is 0 Å². The van der Waals surface area contributed by atoms with E-state index in [9.17, 15) is 14.4 Å².